The van der Waals surface area contributed by atoms with Crippen LogP contribution in [-0.4, -0.2) is 61.0 Å². The number of carboxylic acid groups (broad SMARTS) is 1. The van der Waals surface area contributed by atoms with Crippen molar-refractivity contribution >= 4 is 12.0 Å². The lowest BCUT2D eigenvalue weighted by Gasteiger charge is -2.33. The standard InChI is InChI=1S/C11H17F3N2O4/c1-20-8(9(17)18)5-15-10(19)16-4-2-3-7(6-16)11(12,13)14/h7-8H,2-6H2,1H3,(H,15,19)(H,17,18). The van der Waals surface area contributed by atoms with Crippen LogP contribution in [0.5, 0.6) is 0 Å². The number of carboxylic acids is 1. The minimum Gasteiger partial charge on any atom is -0.479 e. The van der Waals surface area contributed by atoms with E-state index in [-0.39, 0.29) is 25.9 Å². The smallest absolute Gasteiger partial charge is 0.393 e. The van der Waals surface area contributed by atoms with Crippen molar-refractivity contribution in [3.8, 4) is 0 Å². The largest absolute Gasteiger partial charge is 0.479 e. The molecule has 0 saturated carbocycles. The Bertz CT molecular complexity index is 362. The number of amides is 2. The maximum absolute atomic E-state index is 12.6. The molecule has 9 heteroatoms. The first kappa shape index (κ1) is 16.5. The zero-order valence-electron chi connectivity index (χ0n) is 10.9. The predicted molar refractivity (Wildman–Crippen MR) is 62.2 cm³/mol. The number of hydrogen-bond acceptors (Lipinski definition) is 3. The SMILES string of the molecule is COC(CNC(=O)N1CCCC(C(F)(F)F)C1)C(=O)O. The number of urea groups is 1. The fourth-order valence-corrected chi connectivity index (χ4v) is 1.99. The van der Waals surface area contributed by atoms with E-state index >= 15 is 0 Å². The number of halogens is 3. The van der Waals surface area contributed by atoms with Gasteiger partial charge in [0.05, 0.1) is 12.5 Å². The molecule has 2 amide bonds. The number of alkyl halides is 3. The summed E-state index contributed by atoms with van der Waals surface area (Å²) in [5.74, 6) is -2.78. The number of aliphatic carboxylic acids is 1. The van der Waals surface area contributed by atoms with E-state index in [4.69, 9.17) is 5.11 Å². The number of carbonyl (C=O) groups excluding carboxylic acids is 1. The second-order valence-corrected chi connectivity index (χ2v) is 4.58. The Balaban J connectivity index is 2.49. The van der Waals surface area contributed by atoms with Gasteiger partial charge in [-0.25, -0.2) is 9.59 Å². The molecule has 116 valence electrons. The third kappa shape index (κ3) is 4.55. The second-order valence-electron chi connectivity index (χ2n) is 4.58. The minimum atomic E-state index is -4.32. The number of hydrogen-bond donors (Lipinski definition) is 2. The Labute approximate surface area is 113 Å². The van der Waals surface area contributed by atoms with Crippen molar-refractivity contribution in [2.45, 2.75) is 25.1 Å². The highest BCUT2D eigenvalue weighted by molar-refractivity contribution is 5.77. The fraction of sp³-hybridized carbons (Fsp3) is 0.818. The number of likely N-dealkylation sites (tertiary alicyclic amines) is 1. The highest BCUT2D eigenvalue weighted by Crippen LogP contribution is 2.32. The summed E-state index contributed by atoms with van der Waals surface area (Å²) in [6, 6.07) is -0.706. The van der Waals surface area contributed by atoms with Crippen molar-refractivity contribution < 1.29 is 32.6 Å². The molecule has 1 fully saturated rings. The Hall–Kier alpha value is -1.51. The first-order valence-electron chi connectivity index (χ1n) is 6.10. The Morgan fingerprint density at radius 2 is 2.15 bits per heavy atom. The van der Waals surface area contributed by atoms with Gasteiger partial charge in [0, 0.05) is 20.2 Å². The van der Waals surface area contributed by atoms with E-state index in [2.05, 4.69) is 10.1 Å². The molecule has 0 bridgehead atoms. The summed E-state index contributed by atoms with van der Waals surface area (Å²) < 4.78 is 42.4. The monoisotopic (exact) mass is 298 g/mol. The first-order valence-corrected chi connectivity index (χ1v) is 6.10. The Morgan fingerprint density at radius 3 is 2.65 bits per heavy atom. The van der Waals surface area contributed by atoms with Crippen molar-refractivity contribution in [3.63, 3.8) is 0 Å². The van der Waals surface area contributed by atoms with Crippen LogP contribution in [0.2, 0.25) is 0 Å². The number of carbonyl (C=O) groups is 2. The topological polar surface area (TPSA) is 78.9 Å². The number of ether oxygens (including phenoxy) is 1. The van der Waals surface area contributed by atoms with Crippen LogP contribution < -0.4 is 5.32 Å². The third-order valence-corrected chi connectivity index (χ3v) is 3.17. The molecule has 2 N–H and O–H groups in total. The van der Waals surface area contributed by atoms with E-state index in [9.17, 15) is 22.8 Å². The summed E-state index contributed by atoms with van der Waals surface area (Å²) in [4.78, 5) is 23.4. The van der Waals surface area contributed by atoms with Crippen LogP contribution in [0.4, 0.5) is 18.0 Å². The molecule has 0 aromatic heterocycles. The van der Waals surface area contributed by atoms with Crippen LogP contribution in [0.1, 0.15) is 12.8 Å². The van der Waals surface area contributed by atoms with Crippen molar-refractivity contribution in [1.82, 2.24) is 10.2 Å². The zero-order valence-corrected chi connectivity index (χ0v) is 10.9. The number of nitrogens with zero attached hydrogens (tertiary/aromatic N) is 1. The molecule has 1 rings (SSSR count). The van der Waals surface area contributed by atoms with E-state index < -0.39 is 36.7 Å². The third-order valence-electron chi connectivity index (χ3n) is 3.17. The van der Waals surface area contributed by atoms with Crippen LogP contribution in [0, 0.1) is 5.92 Å². The molecule has 0 aromatic rings. The molecule has 20 heavy (non-hydrogen) atoms. The van der Waals surface area contributed by atoms with Crippen molar-refractivity contribution in [3.05, 3.63) is 0 Å². The van der Waals surface area contributed by atoms with Gasteiger partial charge in [-0.15, -0.1) is 0 Å². The highest BCUT2D eigenvalue weighted by Gasteiger charge is 2.42. The van der Waals surface area contributed by atoms with Crippen LogP contribution in [0.15, 0.2) is 0 Å². The summed E-state index contributed by atoms with van der Waals surface area (Å²) in [6.07, 6.45) is -5.27. The average Bonchev–Trinajstić information content (AvgIpc) is 2.38. The van der Waals surface area contributed by atoms with Gasteiger partial charge in [0.2, 0.25) is 0 Å². The van der Waals surface area contributed by atoms with Gasteiger partial charge < -0.3 is 20.1 Å². The molecule has 0 spiro atoms. The van der Waals surface area contributed by atoms with Crippen LogP contribution in [0.3, 0.4) is 0 Å². The molecule has 1 heterocycles. The summed E-state index contributed by atoms with van der Waals surface area (Å²) in [6.45, 7) is -0.471. The molecule has 1 aliphatic heterocycles. The van der Waals surface area contributed by atoms with E-state index in [1.54, 1.807) is 0 Å². The summed E-state index contributed by atoms with van der Waals surface area (Å²) in [7, 11) is 1.17. The molecular formula is C11H17F3N2O4. The Kier molecular flexibility index (Phi) is 5.61. The molecule has 2 atom stereocenters. The van der Waals surface area contributed by atoms with Crippen LogP contribution in [-0.2, 0) is 9.53 Å². The number of methoxy groups -OCH3 is 1. The molecule has 1 saturated heterocycles. The fourth-order valence-electron chi connectivity index (χ4n) is 1.99. The van der Waals surface area contributed by atoms with Gasteiger partial charge in [-0.05, 0) is 12.8 Å². The van der Waals surface area contributed by atoms with Crippen LogP contribution >= 0.6 is 0 Å². The maximum Gasteiger partial charge on any atom is 0.393 e. The normalized spacial score (nSPS) is 21.4. The molecular weight excluding hydrogens is 281 g/mol. The number of rotatable bonds is 4. The number of nitrogens with one attached hydrogen (secondary N) is 1. The lowest BCUT2D eigenvalue weighted by molar-refractivity contribution is -0.184. The molecule has 6 nitrogen and oxygen atoms in total. The molecule has 0 aromatic carbocycles. The van der Waals surface area contributed by atoms with Crippen molar-refractivity contribution in [1.29, 1.82) is 0 Å². The quantitative estimate of drug-likeness (QED) is 0.813. The van der Waals surface area contributed by atoms with Crippen LogP contribution in [0.25, 0.3) is 0 Å². The first-order chi connectivity index (χ1) is 9.25. The van der Waals surface area contributed by atoms with Gasteiger partial charge in [0.15, 0.2) is 6.10 Å². The maximum atomic E-state index is 12.6. The van der Waals surface area contributed by atoms with E-state index in [1.807, 2.05) is 0 Å². The second kappa shape index (κ2) is 6.78. The molecule has 0 radical (unpaired) electrons. The summed E-state index contributed by atoms with van der Waals surface area (Å²) >= 11 is 0. The number of piperidine rings is 1. The molecule has 2 unspecified atom stereocenters. The highest BCUT2D eigenvalue weighted by atomic mass is 19.4. The summed E-state index contributed by atoms with van der Waals surface area (Å²) in [5, 5.41) is 11.0. The van der Waals surface area contributed by atoms with Crippen molar-refractivity contribution in [2.75, 3.05) is 26.7 Å². The van der Waals surface area contributed by atoms with E-state index in [1.165, 1.54) is 7.11 Å². The average molecular weight is 298 g/mol. The van der Waals surface area contributed by atoms with E-state index in [0.717, 1.165) is 4.90 Å². The molecule has 0 aliphatic carbocycles. The van der Waals surface area contributed by atoms with Crippen molar-refractivity contribution in [2.24, 2.45) is 5.92 Å². The van der Waals surface area contributed by atoms with Gasteiger partial charge in [0.25, 0.3) is 0 Å². The summed E-state index contributed by atoms with van der Waals surface area (Å²) in [5.41, 5.74) is 0. The lowest BCUT2D eigenvalue weighted by atomic mass is 9.98. The minimum absolute atomic E-state index is 0.00308. The van der Waals surface area contributed by atoms with Gasteiger partial charge in [0.1, 0.15) is 0 Å². The zero-order chi connectivity index (χ0) is 15.3. The van der Waals surface area contributed by atoms with Gasteiger partial charge in [-0.2, -0.15) is 13.2 Å². The predicted octanol–water partition coefficient (Wildman–Crippen LogP) is 1.07. The van der Waals surface area contributed by atoms with E-state index in [0.29, 0.717) is 0 Å². The van der Waals surface area contributed by atoms with Gasteiger partial charge in [-0.3, -0.25) is 0 Å². The lowest BCUT2D eigenvalue weighted by Crippen LogP contribution is -2.50. The Morgan fingerprint density at radius 1 is 1.50 bits per heavy atom. The molecule has 1 aliphatic rings. The van der Waals surface area contributed by atoms with Gasteiger partial charge >= 0.3 is 18.2 Å². The van der Waals surface area contributed by atoms with Gasteiger partial charge in [-0.1, -0.05) is 0 Å².